The molecule has 1 aromatic rings. The van der Waals surface area contributed by atoms with Crippen LogP contribution < -0.4 is 10.9 Å². The zero-order valence-corrected chi connectivity index (χ0v) is 12.5. The number of rotatable bonds is 3. The van der Waals surface area contributed by atoms with Crippen LogP contribution in [0, 0.1) is 5.92 Å². The van der Waals surface area contributed by atoms with Gasteiger partial charge in [-0.25, -0.2) is 0 Å². The van der Waals surface area contributed by atoms with Crippen molar-refractivity contribution in [3.8, 4) is 0 Å². The fourth-order valence-electron chi connectivity index (χ4n) is 2.41. The van der Waals surface area contributed by atoms with Gasteiger partial charge in [-0.05, 0) is 30.5 Å². The van der Waals surface area contributed by atoms with Crippen LogP contribution in [0.15, 0.2) is 30.3 Å². The van der Waals surface area contributed by atoms with E-state index in [4.69, 9.17) is 11.6 Å². The van der Waals surface area contributed by atoms with Gasteiger partial charge in [0.15, 0.2) is 0 Å². The molecule has 0 atom stereocenters. The highest BCUT2D eigenvalue weighted by Crippen LogP contribution is 2.23. The predicted molar refractivity (Wildman–Crippen MR) is 83.3 cm³/mol. The summed E-state index contributed by atoms with van der Waals surface area (Å²) < 4.78 is 0. The zero-order valence-electron chi connectivity index (χ0n) is 11.8. The summed E-state index contributed by atoms with van der Waals surface area (Å²) in [5, 5.41) is 0.577. The Morgan fingerprint density at radius 1 is 1.10 bits per heavy atom. The highest BCUT2D eigenvalue weighted by atomic mass is 35.5. The quantitative estimate of drug-likeness (QED) is 0.666. The summed E-state index contributed by atoms with van der Waals surface area (Å²) in [6.07, 6.45) is 8.12. The van der Waals surface area contributed by atoms with Crippen LogP contribution in [0.5, 0.6) is 0 Å². The van der Waals surface area contributed by atoms with Crippen molar-refractivity contribution in [2.45, 2.75) is 32.1 Å². The van der Waals surface area contributed by atoms with Crippen molar-refractivity contribution in [2.75, 3.05) is 0 Å². The van der Waals surface area contributed by atoms with Crippen LogP contribution >= 0.6 is 11.6 Å². The molecule has 5 heteroatoms. The molecule has 4 nitrogen and oxygen atoms in total. The molecule has 112 valence electrons. The average Bonchev–Trinajstić information content (AvgIpc) is 2.52. The second-order valence-corrected chi connectivity index (χ2v) is 5.58. The van der Waals surface area contributed by atoms with E-state index in [0.29, 0.717) is 5.02 Å². The van der Waals surface area contributed by atoms with E-state index in [2.05, 4.69) is 10.9 Å². The van der Waals surface area contributed by atoms with Gasteiger partial charge < -0.3 is 0 Å². The molecular weight excluding hydrogens is 288 g/mol. The summed E-state index contributed by atoms with van der Waals surface area (Å²) in [4.78, 5) is 23.5. The molecule has 0 saturated heterocycles. The van der Waals surface area contributed by atoms with E-state index in [-0.39, 0.29) is 17.7 Å². The summed E-state index contributed by atoms with van der Waals surface area (Å²) >= 11 is 5.98. The summed E-state index contributed by atoms with van der Waals surface area (Å²) in [7, 11) is 0. The third kappa shape index (κ3) is 4.90. The lowest BCUT2D eigenvalue weighted by molar-refractivity contribution is -0.130. The van der Waals surface area contributed by atoms with Crippen LogP contribution in [-0.4, -0.2) is 11.8 Å². The van der Waals surface area contributed by atoms with Gasteiger partial charge >= 0.3 is 0 Å². The number of nitrogens with one attached hydrogen (secondary N) is 2. The SMILES string of the molecule is O=C(C=Cc1ccccc1Cl)NNC(=O)C1CCCCC1. The maximum atomic E-state index is 11.9. The van der Waals surface area contributed by atoms with E-state index in [1.54, 1.807) is 12.1 Å². The minimum Gasteiger partial charge on any atom is -0.273 e. The smallest absolute Gasteiger partial charge is 0.262 e. The molecule has 0 heterocycles. The van der Waals surface area contributed by atoms with Crippen molar-refractivity contribution in [1.29, 1.82) is 0 Å². The van der Waals surface area contributed by atoms with Crippen LogP contribution in [0.1, 0.15) is 37.7 Å². The summed E-state index contributed by atoms with van der Waals surface area (Å²) in [5.74, 6) is -0.458. The predicted octanol–water partition coefficient (Wildman–Crippen LogP) is 3.08. The van der Waals surface area contributed by atoms with Crippen molar-refractivity contribution < 1.29 is 9.59 Å². The molecule has 0 aromatic heterocycles. The monoisotopic (exact) mass is 306 g/mol. The van der Waals surface area contributed by atoms with Gasteiger partial charge in [0.2, 0.25) is 5.91 Å². The average molecular weight is 307 g/mol. The Morgan fingerprint density at radius 2 is 1.81 bits per heavy atom. The standard InChI is InChI=1S/C16H19ClN2O2/c17-14-9-5-4-6-12(14)10-11-15(20)18-19-16(21)13-7-2-1-3-8-13/h4-6,9-11,13H,1-3,7-8H2,(H,18,20)(H,19,21). The molecule has 0 radical (unpaired) electrons. The molecule has 0 bridgehead atoms. The van der Waals surface area contributed by atoms with Crippen LogP contribution in [-0.2, 0) is 9.59 Å². The van der Waals surface area contributed by atoms with Crippen molar-refractivity contribution in [2.24, 2.45) is 5.92 Å². The molecule has 0 unspecified atom stereocenters. The highest BCUT2D eigenvalue weighted by molar-refractivity contribution is 6.32. The molecule has 1 fully saturated rings. The van der Waals surface area contributed by atoms with E-state index < -0.39 is 0 Å². The van der Waals surface area contributed by atoms with Crippen LogP contribution in [0.3, 0.4) is 0 Å². The van der Waals surface area contributed by atoms with Crippen LogP contribution in [0.25, 0.3) is 6.08 Å². The molecule has 2 N–H and O–H groups in total. The summed E-state index contributed by atoms with van der Waals surface area (Å²) in [6, 6.07) is 7.23. The Morgan fingerprint density at radius 3 is 2.52 bits per heavy atom. The molecule has 21 heavy (non-hydrogen) atoms. The number of hydrazine groups is 1. The van der Waals surface area contributed by atoms with Gasteiger partial charge in [-0.1, -0.05) is 49.1 Å². The molecule has 1 aliphatic carbocycles. The number of benzene rings is 1. The fraction of sp³-hybridized carbons (Fsp3) is 0.375. The maximum absolute atomic E-state index is 11.9. The summed E-state index contributed by atoms with van der Waals surface area (Å²) in [6.45, 7) is 0. The molecule has 1 aliphatic rings. The molecule has 1 aromatic carbocycles. The minimum absolute atomic E-state index is 0.0200. The first-order chi connectivity index (χ1) is 10.2. The normalized spacial score (nSPS) is 15.9. The number of carbonyl (C=O) groups excluding carboxylic acids is 2. The molecule has 2 rings (SSSR count). The molecule has 2 amide bonds. The van der Waals surface area contributed by atoms with Crippen molar-refractivity contribution in [1.82, 2.24) is 10.9 Å². The molecule has 0 aliphatic heterocycles. The lowest BCUT2D eigenvalue weighted by atomic mass is 9.89. The van der Waals surface area contributed by atoms with Crippen molar-refractivity contribution in [3.05, 3.63) is 40.9 Å². The van der Waals surface area contributed by atoms with Gasteiger partial charge in [-0.2, -0.15) is 0 Å². The van der Waals surface area contributed by atoms with Gasteiger partial charge in [0.1, 0.15) is 0 Å². The second-order valence-electron chi connectivity index (χ2n) is 5.17. The number of carbonyl (C=O) groups is 2. The van der Waals surface area contributed by atoms with Crippen molar-refractivity contribution >= 4 is 29.5 Å². The largest absolute Gasteiger partial charge is 0.273 e. The maximum Gasteiger partial charge on any atom is 0.262 e. The Labute approximate surface area is 129 Å². The first-order valence-corrected chi connectivity index (χ1v) is 7.57. The van der Waals surface area contributed by atoms with Crippen LogP contribution in [0.4, 0.5) is 0 Å². The van der Waals surface area contributed by atoms with E-state index >= 15 is 0 Å². The number of amides is 2. The zero-order chi connectivity index (χ0) is 15.1. The first-order valence-electron chi connectivity index (χ1n) is 7.19. The molecule has 0 spiro atoms. The van der Waals surface area contributed by atoms with E-state index in [9.17, 15) is 9.59 Å². The van der Waals surface area contributed by atoms with Crippen molar-refractivity contribution in [3.63, 3.8) is 0 Å². The third-order valence-corrected chi connectivity index (χ3v) is 3.95. The second kappa shape index (κ2) is 7.84. The topological polar surface area (TPSA) is 58.2 Å². The Bertz CT molecular complexity index is 537. The van der Waals surface area contributed by atoms with Gasteiger partial charge in [0.05, 0.1) is 0 Å². The first kappa shape index (κ1) is 15.6. The third-order valence-electron chi connectivity index (χ3n) is 3.60. The summed E-state index contributed by atoms with van der Waals surface area (Å²) in [5.41, 5.74) is 5.64. The van der Waals surface area contributed by atoms with E-state index in [1.165, 1.54) is 12.5 Å². The van der Waals surface area contributed by atoms with Gasteiger partial charge in [0.25, 0.3) is 5.91 Å². The Balaban J connectivity index is 1.79. The highest BCUT2D eigenvalue weighted by Gasteiger charge is 2.20. The lowest BCUT2D eigenvalue weighted by Gasteiger charge is -2.20. The molecule has 1 saturated carbocycles. The minimum atomic E-state index is -0.376. The molecular formula is C16H19ClN2O2. The number of hydrogen-bond donors (Lipinski definition) is 2. The van der Waals surface area contributed by atoms with Gasteiger partial charge in [-0.15, -0.1) is 0 Å². The Hall–Kier alpha value is -1.81. The Kier molecular flexibility index (Phi) is 5.81. The van der Waals surface area contributed by atoms with Gasteiger partial charge in [-0.3, -0.25) is 20.4 Å². The fourth-order valence-corrected chi connectivity index (χ4v) is 2.61. The van der Waals surface area contributed by atoms with Crippen LogP contribution in [0.2, 0.25) is 5.02 Å². The number of halogens is 1. The van der Waals surface area contributed by atoms with E-state index in [1.807, 2.05) is 18.2 Å². The van der Waals surface area contributed by atoms with Gasteiger partial charge in [0, 0.05) is 17.0 Å². The number of hydrogen-bond acceptors (Lipinski definition) is 2. The van der Waals surface area contributed by atoms with E-state index in [0.717, 1.165) is 31.2 Å². The lowest BCUT2D eigenvalue weighted by Crippen LogP contribution is -2.44.